The van der Waals surface area contributed by atoms with Crippen molar-refractivity contribution < 1.29 is 19.1 Å². The second-order valence-corrected chi connectivity index (χ2v) is 4.58. The number of hydrogen-bond acceptors (Lipinski definition) is 5. The summed E-state index contributed by atoms with van der Waals surface area (Å²) in [4.78, 5) is 26.5. The van der Waals surface area contributed by atoms with Crippen LogP contribution in [0.4, 0.5) is 16.2 Å². The number of ether oxygens (including phenoxy) is 2. The van der Waals surface area contributed by atoms with Crippen LogP contribution in [0.1, 0.15) is 0 Å². The van der Waals surface area contributed by atoms with Crippen LogP contribution < -0.4 is 15.5 Å². The molecule has 2 rings (SSSR count). The maximum absolute atomic E-state index is 11.7. The molecule has 1 aliphatic rings. The molecular formula is C14H19N3O4. The average Bonchev–Trinajstić information content (AvgIpc) is 2.52. The summed E-state index contributed by atoms with van der Waals surface area (Å²) in [6.07, 6.45) is -0.462. The minimum atomic E-state index is -0.462. The summed E-state index contributed by atoms with van der Waals surface area (Å²) in [5, 5.41) is 0. The van der Waals surface area contributed by atoms with Crippen LogP contribution in [0.25, 0.3) is 0 Å². The van der Waals surface area contributed by atoms with Crippen LogP contribution in [0.3, 0.4) is 0 Å². The van der Waals surface area contributed by atoms with Gasteiger partial charge < -0.3 is 20.1 Å². The first-order chi connectivity index (χ1) is 10.1. The SMILES string of the molecule is CN(C(=O)OCCN)c1ccc(N2CCOCC2=O)cc1. The second-order valence-electron chi connectivity index (χ2n) is 4.58. The van der Waals surface area contributed by atoms with E-state index in [1.54, 1.807) is 36.2 Å². The minimum absolute atomic E-state index is 0.0651. The lowest BCUT2D eigenvalue weighted by Gasteiger charge is -2.27. The van der Waals surface area contributed by atoms with Crippen LogP contribution in [0, 0.1) is 0 Å². The number of hydrogen-bond donors (Lipinski definition) is 1. The van der Waals surface area contributed by atoms with Gasteiger partial charge in [-0.15, -0.1) is 0 Å². The smallest absolute Gasteiger partial charge is 0.414 e. The quantitative estimate of drug-likeness (QED) is 0.877. The second kappa shape index (κ2) is 7.05. The zero-order chi connectivity index (χ0) is 15.2. The highest BCUT2D eigenvalue weighted by atomic mass is 16.6. The van der Waals surface area contributed by atoms with Crippen molar-refractivity contribution in [1.82, 2.24) is 0 Å². The Balaban J connectivity index is 2.04. The molecule has 0 radical (unpaired) electrons. The summed E-state index contributed by atoms with van der Waals surface area (Å²) >= 11 is 0. The van der Waals surface area contributed by atoms with E-state index in [4.69, 9.17) is 15.2 Å². The maximum Gasteiger partial charge on any atom is 0.414 e. The van der Waals surface area contributed by atoms with Crippen molar-refractivity contribution in [2.75, 3.05) is 49.8 Å². The van der Waals surface area contributed by atoms with Gasteiger partial charge in [-0.2, -0.15) is 0 Å². The van der Waals surface area contributed by atoms with Crippen molar-refractivity contribution in [3.05, 3.63) is 24.3 Å². The summed E-state index contributed by atoms with van der Waals surface area (Å²) in [5.74, 6) is -0.0651. The number of nitrogens with two attached hydrogens (primary N) is 1. The zero-order valence-electron chi connectivity index (χ0n) is 11.9. The third kappa shape index (κ3) is 3.71. The highest BCUT2D eigenvalue weighted by Gasteiger charge is 2.20. The Morgan fingerprint density at radius 1 is 1.43 bits per heavy atom. The van der Waals surface area contributed by atoms with Gasteiger partial charge in [-0.25, -0.2) is 4.79 Å². The van der Waals surface area contributed by atoms with E-state index >= 15 is 0 Å². The predicted octanol–water partition coefficient (Wildman–Crippen LogP) is 0.581. The normalized spacial score (nSPS) is 15.0. The van der Waals surface area contributed by atoms with E-state index in [2.05, 4.69) is 0 Å². The van der Waals surface area contributed by atoms with Gasteiger partial charge in [0.15, 0.2) is 0 Å². The highest BCUT2D eigenvalue weighted by Crippen LogP contribution is 2.21. The standard InChI is InChI=1S/C14H19N3O4/c1-16(14(19)21-8-6-15)11-2-4-12(5-3-11)17-7-9-20-10-13(17)18/h2-5H,6-10,15H2,1H3. The lowest BCUT2D eigenvalue weighted by atomic mass is 10.2. The number of carbonyl (C=O) groups excluding carboxylic acids is 2. The molecule has 1 heterocycles. The van der Waals surface area contributed by atoms with Gasteiger partial charge in [-0.1, -0.05) is 0 Å². The van der Waals surface area contributed by atoms with Crippen molar-refractivity contribution in [2.24, 2.45) is 5.73 Å². The largest absolute Gasteiger partial charge is 0.448 e. The molecule has 0 atom stereocenters. The van der Waals surface area contributed by atoms with Gasteiger partial charge in [-0.3, -0.25) is 9.69 Å². The molecule has 1 aliphatic heterocycles. The Morgan fingerprint density at radius 2 is 2.14 bits per heavy atom. The maximum atomic E-state index is 11.7. The lowest BCUT2D eigenvalue weighted by molar-refractivity contribution is -0.125. The fourth-order valence-electron chi connectivity index (χ4n) is 2.00. The Kier molecular flexibility index (Phi) is 5.13. The van der Waals surface area contributed by atoms with Gasteiger partial charge >= 0.3 is 6.09 Å². The third-order valence-electron chi connectivity index (χ3n) is 3.15. The molecule has 1 fully saturated rings. The van der Waals surface area contributed by atoms with Crippen LogP contribution in [-0.4, -0.2) is 52.0 Å². The van der Waals surface area contributed by atoms with Crippen molar-refractivity contribution in [3.63, 3.8) is 0 Å². The molecular weight excluding hydrogens is 274 g/mol. The molecule has 1 aromatic carbocycles. The fourth-order valence-corrected chi connectivity index (χ4v) is 2.00. The molecule has 21 heavy (non-hydrogen) atoms. The molecule has 7 heteroatoms. The summed E-state index contributed by atoms with van der Waals surface area (Å²) in [5.41, 5.74) is 6.76. The van der Waals surface area contributed by atoms with E-state index in [1.165, 1.54) is 4.90 Å². The summed E-state index contributed by atoms with van der Waals surface area (Å²) in [6, 6.07) is 7.13. The van der Waals surface area contributed by atoms with E-state index in [1.807, 2.05) is 0 Å². The van der Waals surface area contributed by atoms with E-state index < -0.39 is 6.09 Å². The van der Waals surface area contributed by atoms with Crippen LogP contribution in [0.5, 0.6) is 0 Å². The topological polar surface area (TPSA) is 85.1 Å². The molecule has 7 nitrogen and oxygen atoms in total. The van der Waals surface area contributed by atoms with Crippen LogP contribution in [-0.2, 0) is 14.3 Å². The number of morpholine rings is 1. The molecule has 0 bridgehead atoms. The van der Waals surface area contributed by atoms with Crippen LogP contribution in [0.15, 0.2) is 24.3 Å². The zero-order valence-corrected chi connectivity index (χ0v) is 11.9. The molecule has 1 saturated heterocycles. The van der Waals surface area contributed by atoms with Crippen molar-refractivity contribution >= 4 is 23.4 Å². The van der Waals surface area contributed by atoms with Crippen LogP contribution >= 0.6 is 0 Å². The fraction of sp³-hybridized carbons (Fsp3) is 0.429. The average molecular weight is 293 g/mol. The molecule has 114 valence electrons. The Labute approximate surface area is 123 Å². The molecule has 2 amide bonds. The van der Waals surface area contributed by atoms with Gasteiger partial charge in [0.25, 0.3) is 5.91 Å². The molecule has 0 saturated carbocycles. The molecule has 2 N–H and O–H groups in total. The van der Waals surface area contributed by atoms with Crippen molar-refractivity contribution in [2.45, 2.75) is 0 Å². The highest BCUT2D eigenvalue weighted by molar-refractivity contribution is 5.95. The van der Waals surface area contributed by atoms with Crippen molar-refractivity contribution in [3.8, 4) is 0 Å². The minimum Gasteiger partial charge on any atom is -0.448 e. The number of nitrogens with zero attached hydrogens (tertiary/aromatic N) is 2. The summed E-state index contributed by atoms with van der Waals surface area (Å²) in [6.45, 7) is 1.64. The van der Waals surface area contributed by atoms with E-state index in [0.717, 1.165) is 5.69 Å². The number of amides is 2. The van der Waals surface area contributed by atoms with Gasteiger partial charge in [0.1, 0.15) is 13.2 Å². The van der Waals surface area contributed by atoms with E-state index in [9.17, 15) is 9.59 Å². The first-order valence-electron chi connectivity index (χ1n) is 6.72. The Hall–Kier alpha value is -2.12. The first-order valence-corrected chi connectivity index (χ1v) is 6.72. The van der Waals surface area contributed by atoms with Gasteiger partial charge in [0.2, 0.25) is 0 Å². The number of rotatable bonds is 4. The van der Waals surface area contributed by atoms with E-state index in [0.29, 0.717) is 18.8 Å². The van der Waals surface area contributed by atoms with Gasteiger partial charge in [0.05, 0.1) is 6.61 Å². The predicted molar refractivity (Wildman–Crippen MR) is 78.4 cm³/mol. The van der Waals surface area contributed by atoms with Crippen LogP contribution in [0.2, 0.25) is 0 Å². The first kappa shape index (κ1) is 15.3. The van der Waals surface area contributed by atoms with Gasteiger partial charge in [0, 0.05) is 31.5 Å². The third-order valence-corrected chi connectivity index (χ3v) is 3.15. The molecule has 1 aromatic rings. The number of anilines is 2. The van der Waals surface area contributed by atoms with Gasteiger partial charge in [-0.05, 0) is 24.3 Å². The molecule has 0 unspecified atom stereocenters. The summed E-state index contributed by atoms with van der Waals surface area (Å²) in [7, 11) is 1.62. The van der Waals surface area contributed by atoms with E-state index in [-0.39, 0.29) is 25.7 Å². The molecule has 0 aliphatic carbocycles. The number of carbonyl (C=O) groups is 2. The number of benzene rings is 1. The Morgan fingerprint density at radius 3 is 2.76 bits per heavy atom. The van der Waals surface area contributed by atoms with Crippen molar-refractivity contribution in [1.29, 1.82) is 0 Å². The summed E-state index contributed by atoms with van der Waals surface area (Å²) < 4.78 is 10.0. The molecule has 0 spiro atoms. The Bertz CT molecular complexity index is 503. The lowest BCUT2D eigenvalue weighted by Crippen LogP contribution is -2.41. The monoisotopic (exact) mass is 293 g/mol. The molecule has 0 aromatic heterocycles.